The molecule has 4 N–H and O–H groups in total. The van der Waals surface area contributed by atoms with Gasteiger partial charge < -0.3 is 11.5 Å². The second-order valence-electron chi connectivity index (χ2n) is 5.42. The van der Waals surface area contributed by atoms with Crippen molar-refractivity contribution in [2.75, 3.05) is 12.3 Å². The predicted octanol–water partition coefficient (Wildman–Crippen LogP) is 2.06. The first-order valence-electron chi connectivity index (χ1n) is 6.97. The molecule has 1 atom stereocenters. The van der Waals surface area contributed by atoms with Gasteiger partial charge >= 0.3 is 0 Å². The van der Waals surface area contributed by atoms with Crippen molar-refractivity contribution < 1.29 is 4.79 Å². The molecule has 1 aliphatic carbocycles. The van der Waals surface area contributed by atoms with Crippen molar-refractivity contribution in [3.63, 3.8) is 0 Å². The molecule has 104 valence electrons. The van der Waals surface area contributed by atoms with E-state index >= 15 is 0 Å². The number of nitrogens with zero attached hydrogens (tertiary/aromatic N) is 1. The normalized spacial score (nSPS) is 17.8. The molecule has 1 fully saturated rings. The predicted molar refractivity (Wildman–Crippen MR) is 77.4 cm³/mol. The number of carbonyl (C=O) groups excluding carboxylic acids is 1. The molecule has 0 bridgehead atoms. The highest BCUT2D eigenvalue weighted by molar-refractivity contribution is 5.76. The number of benzene rings is 1. The highest BCUT2D eigenvalue weighted by atomic mass is 16.1. The first kappa shape index (κ1) is 13.9. The van der Waals surface area contributed by atoms with Gasteiger partial charge in [0, 0.05) is 17.8 Å². The van der Waals surface area contributed by atoms with Crippen molar-refractivity contribution in [1.29, 1.82) is 0 Å². The maximum atomic E-state index is 11.3. The van der Waals surface area contributed by atoms with Gasteiger partial charge in [0.25, 0.3) is 0 Å². The standard InChI is InChI=1S/C15H23N3O/c1-11(12-6-8-13(16)9-7-12)18(10-15(17)19)14-4-2-3-5-14/h6-9,11,14H,2-5,10,16H2,1H3,(H2,17,19). The molecule has 1 aromatic rings. The number of primary amides is 1. The van der Waals surface area contributed by atoms with E-state index in [-0.39, 0.29) is 11.9 Å². The minimum atomic E-state index is -0.255. The zero-order valence-corrected chi connectivity index (χ0v) is 11.5. The lowest BCUT2D eigenvalue weighted by Gasteiger charge is -2.33. The summed E-state index contributed by atoms with van der Waals surface area (Å²) in [5, 5.41) is 0. The second-order valence-corrected chi connectivity index (χ2v) is 5.42. The Hall–Kier alpha value is -1.55. The Morgan fingerprint density at radius 3 is 2.42 bits per heavy atom. The molecule has 1 saturated carbocycles. The summed E-state index contributed by atoms with van der Waals surface area (Å²) in [7, 11) is 0. The number of hydrogen-bond donors (Lipinski definition) is 2. The number of rotatable bonds is 5. The summed E-state index contributed by atoms with van der Waals surface area (Å²) >= 11 is 0. The summed E-state index contributed by atoms with van der Waals surface area (Å²) in [4.78, 5) is 13.6. The van der Waals surface area contributed by atoms with Crippen LogP contribution in [0, 0.1) is 0 Å². The summed E-state index contributed by atoms with van der Waals surface area (Å²) < 4.78 is 0. The van der Waals surface area contributed by atoms with Crippen molar-refractivity contribution in [2.24, 2.45) is 5.73 Å². The van der Waals surface area contributed by atoms with E-state index < -0.39 is 0 Å². The van der Waals surface area contributed by atoms with Crippen molar-refractivity contribution in [1.82, 2.24) is 4.90 Å². The lowest BCUT2D eigenvalue weighted by molar-refractivity contribution is -0.120. The first-order chi connectivity index (χ1) is 9.08. The van der Waals surface area contributed by atoms with E-state index in [0.717, 1.165) is 18.5 Å². The lowest BCUT2D eigenvalue weighted by atomic mass is 10.0. The van der Waals surface area contributed by atoms with Gasteiger partial charge in [-0.3, -0.25) is 9.69 Å². The molecule has 1 aromatic carbocycles. The maximum absolute atomic E-state index is 11.3. The van der Waals surface area contributed by atoms with Gasteiger partial charge in [-0.15, -0.1) is 0 Å². The van der Waals surface area contributed by atoms with Gasteiger partial charge in [0.2, 0.25) is 5.91 Å². The SMILES string of the molecule is CC(c1ccc(N)cc1)N(CC(N)=O)C1CCCC1. The van der Waals surface area contributed by atoms with Gasteiger partial charge in [-0.05, 0) is 37.5 Å². The quantitative estimate of drug-likeness (QED) is 0.797. The summed E-state index contributed by atoms with van der Waals surface area (Å²) in [5.74, 6) is -0.255. The van der Waals surface area contributed by atoms with Crippen LogP contribution in [0.2, 0.25) is 0 Å². The number of amides is 1. The van der Waals surface area contributed by atoms with Crippen LogP contribution in [0.15, 0.2) is 24.3 Å². The number of nitrogen functional groups attached to an aromatic ring is 1. The maximum Gasteiger partial charge on any atom is 0.231 e. The molecule has 1 aliphatic rings. The van der Waals surface area contributed by atoms with Crippen molar-refractivity contribution >= 4 is 11.6 Å². The van der Waals surface area contributed by atoms with Gasteiger partial charge in [0.15, 0.2) is 0 Å². The van der Waals surface area contributed by atoms with E-state index in [4.69, 9.17) is 11.5 Å². The number of nitrogens with two attached hydrogens (primary N) is 2. The van der Waals surface area contributed by atoms with Gasteiger partial charge in [0.1, 0.15) is 0 Å². The average molecular weight is 261 g/mol. The van der Waals surface area contributed by atoms with Crippen molar-refractivity contribution in [3.05, 3.63) is 29.8 Å². The fourth-order valence-electron chi connectivity index (χ4n) is 2.96. The summed E-state index contributed by atoms with van der Waals surface area (Å²) in [6, 6.07) is 8.54. The van der Waals surface area contributed by atoms with E-state index in [2.05, 4.69) is 11.8 Å². The minimum absolute atomic E-state index is 0.191. The number of anilines is 1. The van der Waals surface area contributed by atoms with Crippen LogP contribution in [-0.4, -0.2) is 23.4 Å². The highest BCUT2D eigenvalue weighted by Crippen LogP contribution is 2.30. The summed E-state index contributed by atoms with van der Waals surface area (Å²) in [5.41, 5.74) is 13.1. The van der Waals surface area contributed by atoms with Crippen LogP contribution >= 0.6 is 0 Å². The number of hydrogen-bond acceptors (Lipinski definition) is 3. The fraction of sp³-hybridized carbons (Fsp3) is 0.533. The average Bonchev–Trinajstić information content (AvgIpc) is 2.89. The Balaban J connectivity index is 2.16. The van der Waals surface area contributed by atoms with Crippen LogP contribution in [0.4, 0.5) is 5.69 Å². The molecule has 0 spiro atoms. The molecule has 1 amide bonds. The molecule has 0 heterocycles. The Kier molecular flexibility index (Phi) is 4.43. The fourth-order valence-corrected chi connectivity index (χ4v) is 2.96. The number of carbonyl (C=O) groups is 1. The largest absolute Gasteiger partial charge is 0.399 e. The lowest BCUT2D eigenvalue weighted by Crippen LogP contribution is -2.41. The molecular formula is C15H23N3O. The van der Waals surface area contributed by atoms with Gasteiger partial charge in [-0.1, -0.05) is 25.0 Å². The smallest absolute Gasteiger partial charge is 0.231 e. The molecule has 4 heteroatoms. The molecule has 19 heavy (non-hydrogen) atoms. The molecule has 0 saturated heterocycles. The monoisotopic (exact) mass is 261 g/mol. The van der Waals surface area contributed by atoms with E-state index in [0.29, 0.717) is 12.6 Å². The third-order valence-corrected chi connectivity index (χ3v) is 4.05. The van der Waals surface area contributed by atoms with E-state index in [1.54, 1.807) is 0 Å². The third kappa shape index (κ3) is 3.47. The molecule has 2 rings (SSSR count). The first-order valence-corrected chi connectivity index (χ1v) is 6.97. The van der Waals surface area contributed by atoms with Crippen LogP contribution < -0.4 is 11.5 Å². The Bertz CT molecular complexity index is 424. The van der Waals surface area contributed by atoms with Gasteiger partial charge in [0.05, 0.1) is 6.54 Å². The molecule has 4 nitrogen and oxygen atoms in total. The highest BCUT2D eigenvalue weighted by Gasteiger charge is 2.28. The van der Waals surface area contributed by atoms with E-state index in [1.807, 2.05) is 24.3 Å². The zero-order chi connectivity index (χ0) is 13.8. The second kappa shape index (κ2) is 6.06. The van der Waals surface area contributed by atoms with E-state index in [9.17, 15) is 4.79 Å². The van der Waals surface area contributed by atoms with E-state index in [1.165, 1.54) is 18.4 Å². The third-order valence-electron chi connectivity index (χ3n) is 4.05. The van der Waals surface area contributed by atoms with Crippen molar-refractivity contribution in [2.45, 2.75) is 44.7 Å². The van der Waals surface area contributed by atoms with Gasteiger partial charge in [-0.2, -0.15) is 0 Å². The van der Waals surface area contributed by atoms with Crippen LogP contribution in [0.5, 0.6) is 0 Å². The molecule has 0 aromatic heterocycles. The topological polar surface area (TPSA) is 72.3 Å². The van der Waals surface area contributed by atoms with Crippen LogP contribution in [0.25, 0.3) is 0 Å². The Morgan fingerprint density at radius 1 is 1.32 bits per heavy atom. The Morgan fingerprint density at radius 2 is 1.89 bits per heavy atom. The van der Waals surface area contributed by atoms with Gasteiger partial charge in [-0.25, -0.2) is 0 Å². The van der Waals surface area contributed by atoms with Crippen LogP contribution in [0.1, 0.15) is 44.2 Å². The molecule has 0 radical (unpaired) electrons. The molecule has 0 aliphatic heterocycles. The van der Waals surface area contributed by atoms with Crippen LogP contribution in [0.3, 0.4) is 0 Å². The molecular weight excluding hydrogens is 238 g/mol. The van der Waals surface area contributed by atoms with Crippen molar-refractivity contribution in [3.8, 4) is 0 Å². The van der Waals surface area contributed by atoms with Crippen LogP contribution in [-0.2, 0) is 4.79 Å². The summed E-state index contributed by atoms with van der Waals surface area (Å²) in [6.45, 7) is 2.46. The summed E-state index contributed by atoms with van der Waals surface area (Å²) in [6.07, 6.45) is 4.81. The minimum Gasteiger partial charge on any atom is -0.399 e. The zero-order valence-electron chi connectivity index (χ0n) is 11.5. The molecule has 1 unspecified atom stereocenters. The Labute approximate surface area is 114 Å².